The molecule has 1 aliphatic rings. The zero-order valence-electron chi connectivity index (χ0n) is 37.1. The maximum atomic E-state index is 13.2. The van der Waals surface area contributed by atoms with Crippen LogP contribution in [0, 0.1) is 39.9 Å². The van der Waals surface area contributed by atoms with Crippen LogP contribution in [0.4, 0.5) is 0 Å². The number of carbonyl (C=O) groups excluding carboxylic acids is 6. The summed E-state index contributed by atoms with van der Waals surface area (Å²) in [6.07, 6.45) is 0. The van der Waals surface area contributed by atoms with Gasteiger partial charge in [0.05, 0.1) is 42.9 Å². The average molecular weight is 1100 g/mol. The summed E-state index contributed by atoms with van der Waals surface area (Å²) in [5.41, 5.74) is -0.441. The fraction of sp³-hybridized carbons (Fsp3) is 0.419. The number of nitrogens with zero attached hydrogens (tertiary/aromatic N) is 4. The normalized spacial score (nSPS) is 14.2. The molecule has 0 unspecified atom stereocenters. The van der Waals surface area contributed by atoms with Crippen LogP contribution in [-0.2, 0) is 19.2 Å². The van der Waals surface area contributed by atoms with Crippen molar-refractivity contribution >= 4 is 41.4 Å². The second kappa shape index (κ2) is 28.9. The zero-order chi connectivity index (χ0) is 48.9. The van der Waals surface area contributed by atoms with E-state index in [0.29, 0.717) is 0 Å². The number of amides is 6. The van der Waals surface area contributed by atoms with Crippen LogP contribution in [0.2, 0.25) is 0 Å². The van der Waals surface area contributed by atoms with E-state index >= 15 is 0 Å². The van der Waals surface area contributed by atoms with Crippen molar-refractivity contribution in [3.8, 4) is 34.5 Å². The first-order valence-electron chi connectivity index (χ1n) is 21.3. The molecule has 68 heavy (non-hydrogen) atoms. The van der Waals surface area contributed by atoms with Gasteiger partial charge in [0.2, 0.25) is 17.7 Å². The molecule has 0 aromatic heterocycles. The molecule has 0 saturated carbocycles. The van der Waals surface area contributed by atoms with Gasteiger partial charge in [-0.15, -0.1) is 0 Å². The van der Waals surface area contributed by atoms with Gasteiger partial charge < -0.3 is 67.6 Å². The van der Waals surface area contributed by atoms with Crippen LogP contribution in [0.15, 0.2) is 54.6 Å². The van der Waals surface area contributed by atoms with Gasteiger partial charge in [-0.2, -0.15) is 0 Å². The monoisotopic (exact) mass is 1100 g/mol. The van der Waals surface area contributed by atoms with Crippen molar-refractivity contribution in [1.82, 2.24) is 51.5 Å². The Morgan fingerprint density at radius 2 is 0.618 bits per heavy atom. The quantitative estimate of drug-likeness (QED) is 0.0401. The van der Waals surface area contributed by atoms with Crippen molar-refractivity contribution < 1.29 is 109 Å². The van der Waals surface area contributed by atoms with E-state index < -0.39 is 75.9 Å². The van der Waals surface area contributed by atoms with Crippen molar-refractivity contribution in [2.75, 3.05) is 118 Å². The van der Waals surface area contributed by atoms with Crippen LogP contribution >= 0.6 is 0 Å². The third-order valence-corrected chi connectivity index (χ3v) is 10.4. The molecule has 369 valence electrons. The molecule has 6 amide bonds. The van der Waals surface area contributed by atoms with Gasteiger partial charge in [-0.1, -0.05) is 18.2 Å². The van der Waals surface area contributed by atoms with E-state index in [1.807, 2.05) is 4.90 Å². The molecule has 3 aromatic carbocycles. The topological polar surface area (TPSA) is 346 Å². The number of phenols is 6. The Bertz CT molecular complexity index is 2120. The van der Waals surface area contributed by atoms with Gasteiger partial charge >= 0.3 is 45.9 Å². The first-order chi connectivity index (χ1) is 32.0. The summed E-state index contributed by atoms with van der Waals surface area (Å²) < 4.78 is 0. The molecule has 1 heterocycles. The van der Waals surface area contributed by atoms with Crippen LogP contribution < -0.4 is 31.9 Å². The van der Waals surface area contributed by atoms with Crippen LogP contribution in [-0.4, -0.2) is 215 Å². The standard InChI is InChI=1S/C43H58N10O14.Gd/c54-31-7-1-4-28(38(31)62)41(65)47-13-10-44-34(57)24-50-16-18-51(25-35(58)45-11-14-48-42(66)29-5-2-8-32(55)39(29)63)20-22-53(27-37(60)61)23-21-52(19-17-50)26-36(59)46-12-15-49-43(67)30-6-3-9-33(56)40(30)64;/h1-9,54-56,62-64H,10-27H2,(H,44,57)(H,45,58)(H,46,59)(H,47,65)(H,48,66)(H,49,67)(H,60,61);/q;+3. The Hall–Kier alpha value is -6.09. The molecule has 0 atom stereocenters. The number of aromatic hydroxyl groups is 6. The molecule has 3 aromatic rings. The van der Waals surface area contributed by atoms with Gasteiger partial charge in [-0.3, -0.25) is 53.2 Å². The summed E-state index contributed by atoms with van der Waals surface area (Å²) in [5.74, 6) is -7.45. The predicted octanol–water partition coefficient (Wildman–Crippen LogP) is -2.84. The van der Waals surface area contributed by atoms with Gasteiger partial charge in [0.15, 0.2) is 34.5 Å². The van der Waals surface area contributed by atoms with E-state index in [1.54, 1.807) is 14.7 Å². The minimum absolute atomic E-state index is 0. The number of hydrogen-bond acceptors (Lipinski definition) is 17. The van der Waals surface area contributed by atoms with Crippen LogP contribution in [0.25, 0.3) is 0 Å². The van der Waals surface area contributed by atoms with Crippen LogP contribution in [0.3, 0.4) is 0 Å². The average Bonchev–Trinajstić information content (AvgIpc) is 3.28. The number of nitrogens with one attached hydrogen (secondary N) is 6. The summed E-state index contributed by atoms with van der Waals surface area (Å²) in [6.45, 7) is 1.17. The van der Waals surface area contributed by atoms with Crippen LogP contribution in [0.1, 0.15) is 31.1 Å². The van der Waals surface area contributed by atoms with Crippen molar-refractivity contribution in [1.29, 1.82) is 0 Å². The molecule has 13 N–H and O–H groups in total. The molecule has 24 nitrogen and oxygen atoms in total. The minimum atomic E-state index is -1.09. The van der Waals surface area contributed by atoms with E-state index in [0.717, 1.165) is 0 Å². The van der Waals surface area contributed by atoms with Gasteiger partial charge in [-0.25, -0.2) is 0 Å². The molecule has 0 spiro atoms. The van der Waals surface area contributed by atoms with Crippen LogP contribution in [0.5, 0.6) is 34.5 Å². The summed E-state index contributed by atoms with van der Waals surface area (Å²) >= 11 is 0. The molecule has 1 saturated heterocycles. The number of para-hydroxylation sites is 3. The summed E-state index contributed by atoms with van der Waals surface area (Å²) in [7, 11) is 0. The second-order valence-corrected chi connectivity index (χ2v) is 15.3. The Morgan fingerprint density at radius 1 is 0.382 bits per heavy atom. The van der Waals surface area contributed by atoms with E-state index in [9.17, 15) is 69.3 Å². The molecule has 0 aliphatic carbocycles. The number of rotatable bonds is 20. The number of aliphatic carboxylic acids is 1. The molecule has 25 heteroatoms. The number of benzene rings is 3. The third-order valence-electron chi connectivity index (χ3n) is 10.4. The predicted molar refractivity (Wildman–Crippen MR) is 239 cm³/mol. The van der Waals surface area contributed by atoms with Gasteiger partial charge in [0, 0.05) is 91.6 Å². The first-order valence-corrected chi connectivity index (χ1v) is 21.3. The van der Waals surface area contributed by atoms with E-state index in [1.165, 1.54) is 54.6 Å². The Labute approximate surface area is 423 Å². The third kappa shape index (κ3) is 18.9. The maximum absolute atomic E-state index is 13.2. The summed E-state index contributed by atoms with van der Waals surface area (Å²) in [6, 6.07) is 11.8. The molecular formula is C43H58GdN10O14+3. The van der Waals surface area contributed by atoms with Crippen molar-refractivity contribution in [3.63, 3.8) is 0 Å². The number of carboxylic acid groups (broad SMARTS) is 1. The number of carboxylic acids is 1. The number of hydrogen-bond donors (Lipinski definition) is 13. The molecule has 1 aliphatic heterocycles. The molecule has 4 rings (SSSR count). The number of carbonyl (C=O) groups is 7. The smallest absolute Gasteiger partial charge is 0.504 e. The molecule has 1 fully saturated rings. The molecule has 1 radical (unpaired) electrons. The Morgan fingerprint density at radius 3 is 0.868 bits per heavy atom. The van der Waals surface area contributed by atoms with Gasteiger partial charge in [0.25, 0.3) is 17.7 Å². The Balaban J connectivity index is 0.0000122. The fourth-order valence-electron chi connectivity index (χ4n) is 6.74. The van der Waals surface area contributed by atoms with Crippen molar-refractivity contribution in [2.24, 2.45) is 0 Å². The SMILES string of the molecule is O=C(O)CN1CCN(CC(=O)NCCNC(=O)c2cccc(O)c2O)CCN(CC(=O)NCCNC(=O)c2cccc(O)c2O)CCN(CC(=O)NCCNC(=O)c2cccc(O)c2O)CC1.[Gd+3]. The van der Waals surface area contributed by atoms with Gasteiger partial charge in [0.1, 0.15) is 0 Å². The minimum Gasteiger partial charge on any atom is -0.504 e. The summed E-state index contributed by atoms with van der Waals surface area (Å²) in [5, 5.41) is 84.6. The largest absolute Gasteiger partial charge is 3.00 e. The van der Waals surface area contributed by atoms with E-state index in [2.05, 4.69) is 31.9 Å². The molecule has 0 bridgehead atoms. The maximum Gasteiger partial charge on any atom is 3.00 e. The summed E-state index contributed by atoms with van der Waals surface area (Å²) in [4.78, 5) is 96.0. The van der Waals surface area contributed by atoms with E-state index in [4.69, 9.17) is 0 Å². The zero-order valence-corrected chi connectivity index (χ0v) is 39.3. The second-order valence-electron chi connectivity index (χ2n) is 15.3. The Kier molecular flexibility index (Phi) is 23.9. The van der Waals surface area contributed by atoms with Crippen molar-refractivity contribution in [2.45, 2.75) is 0 Å². The fourth-order valence-corrected chi connectivity index (χ4v) is 6.74. The number of phenolic OH excluding ortho intramolecular Hbond substituents is 6. The van der Waals surface area contributed by atoms with Gasteiger partial charge in [-0.05, 0) is 36.4 Å². The molecular weight excluding hydrogens is 1040 g/mol. The van der Waals surface area contributed by atoms with E-state index in [-0.39, 0.29) is 174 Å². The van der Waals surface area contributed by atoms with Crippen molar-refractivity contribution in [3.05, 3.63) is 71.3 Å². The first kappa shape index (κ1) is 56.2.